The molecule has 0 heterocycles. The Morgan fingerprint density at radius 3 is 1.43 bits per heavy atom. The lowest BCUT2D eigenvalue weighted by atomic mass is 10.9. The summed E-state index contributed by atoms with van der Waals surface area (Å²) >= 11 is 0. The van der Waals surface area contributed by atoms with Crippen LogP contribution in [-0.2, 0) is 4.79 Å². The molecule has 7 heavy (non-hydrogen) atoms. The van der Waals surface area contributed by atoms with Gasteiger partial charge in [-0.15, -0.1) is 0 Å². The predicted octanol–water partition coefficient (Wildman–Crippen LogP) is -0.681. The summed E-state index contributed by atoms with van der Waals surface area (Å²) in [5.74, 6) is -0.833. The predicted molar refractivity (Wildman–Crippen MR) is 27.2 cm³/mol. The lowest BCUT2D eigenvalue weighted by molar-refractivity contribution is -0.134. The van der Waals surface area contributed by atoms with Gasteiger partial charge in [-0.3, -0.25) is 4.79 Å². The molecule has 0 spiro atoms. The van der Waals surface area contributed by atoms with Crippen LogP contribution in [0.3, 0.4) is 0 Å². The van der Waals surface area contributed by atoms with Crippen LogP contribution in [-0.4, -0.2) is 46.3 Å². The van der Waals surface area contributed by atoms with E-state index in [1.165, 1.54) is 0 Å². The van der Waals surface area contributed by atoms with Crippen LogP contribution in [0.15, 0.2) is 0 Å². The summed E-state index contributed by atoms with van der Waals surface area (Å²) in [5, 5.41) is 14.4. The molecule has 0 fully saturated rings. The number of hydrogen-bond acceptors (Lipinski definition) is 2. The number of hydrogen-bond donors (Lipinski definition) is 2. The summed E-state index contributed by atoms with van der Waals surface area (Å²) in [6, 6.07) is 0. The third-order valence-electron chi connectivity index (χ3n) is 0. The number of carboxylic acids is 1. The van der Waals surface area contributed by atoms with Gasteiger partial charge in [-0.2, -0.15) is 0 Å². The van der Waals surface area contributed by atoms with Crippen molar-refractivity contribution in [2.75, 3.05) is 7.11 Å². The average Bonchev–Trinajstić information content (AvgIpc) is 1.41. The van der Waals surface area contributed by atoms with Gasteiger partial charge < -0.3 is 10.2 Å². The fourth-order valence-electron chi connectivity index (χ4n) is 0. The van der Waals surface area contributed by atoms with Gasteiger partial charge in [-0.25, -0.2) is 0 Å². The van der Waals surface area contributed by atoms with Gasteiger partial charge in [-0.05, 0) is 0 Å². The summed E-state index contributed by atoms with van der Waals surface area (Å²) in [6.07, 6.45) is 0. The number of carboxylic acid groups (broad SMARTS) is 1. The molecule has 2 N–H and O–H groups in total. The van der Waals surface area contributed by atoms with Gasteiger partial charge in [0.1, 0.15) is 0 Å². The van der Waals surface area contributed by atoms with E-state index in [-0.39, 0.29) is 23.1 Å². The lowest BCUT2D eigenvalue weighted by Gasteiger charge is -1.59. The van der Waals surface area contributed by atoms with Crippen LogP contribution in [0.2, 0.25) is 0 Å². The van der Waals surface area contributed by atoms with E-state index in [2.05, 4.69) is 0 Å². The second-order valence-electron chi connectivity index (χ2n) is 0.519. The molecule has 0 atom stereocenters. The van der Waals surface area contributed by atoms with Gasteiger partial charge in [0.2, 0.25) is 0 Å². The van der Waals surface area contributed by atoms with Crippen molar-refractivity contribution in [2.24, 2.45) is 0 Å². The third-order valence-corrected chi connectivity index (χ3v) is 0. The first-order valence-corrected chi connectivity index (χ1v) is 1.37. The van der Waals surface area contributed by atoms with Crippen molar-refractivity contribution in [3.8, 4) is 0 Å². The minimum Gasteiger partial charge on any atom is -0.481 e. The SMILES string of the molecule is CC(=O)O.CO.[Mg]. The molecule has 0 bridgehead atoms. The molecule has 0 aromatic rings. The average molecular weight is 116 g/mol. The van der Waals surface area contributed by atoms with Crippen LogP contribution < -0.4 is 0 Å². The standard InChI is InChI=1S/C2H4O2.CH4O.Mg/c1-2(3)4;1-2;/h1H3,(H,3,4);2H,1H3;. The molecule has 0 aliphatic rings. The van der Waals surface area contributed by atoms with Crippen molar-refractivity contribution in [3.63, 3.8) is 0 Å². The first-order chi connectivity index (χ1) is 2.73. The van der Waals surface area contributed by atoms with E-state index in [1.807, 2.05) is 0 Å². The Bertz CT molecular complexity index is 33.2. The number of rotatable bonds is 0. The minimum atomic E-state index is -0.833. The third kappa shape index (κ3) is 2830. The Morgan fingerprint density at radius 1 is 1.43 bits per heavy atom. The van der Waals surface area contributed by atoms with Crippen molar-refractivity contribution < 1.29 is 15.0 Å². The minimum absolute atomic E-state index is 0. The summed E-state index contributed by atoms with van der Waals surface area (Å²) < 4.78 is 0. The van der Waals surface area contributed by atoms with E-state index in [4.69, 9.17) is 15.0 Å². The molecule has 0 saturated heterocycles. The van der Waals surface area contributed by atoms with E-state index in [0.29, 0.717) is 0 Å². The van der Waals surface area contributed by atoms with Crippen molar-refractivity contribution in [1.29, 1.82) is 0 Å². The summed E-state index contributed by atoms with van der Waals surface area (Å²) in [4.78, 5) is 9.00. The first-order valence-electron chi connectivity index (χ1n) is 1.37. The van der Waals surface area contributed by atoms with Crippen LogP contribution in [0.25, 0.3) is 0 Å². The van der Waals surface area contributed by atoms with Crippen LogP contribution in [0, 0.1) is 0 Å². The molecule has 40 valence electrons. The molecule has 0 aromatic heterocycles. The Kier molecular flexibility index (Phi) is 36.7. The molecule has 0 aliphatic carbocycles. The van der Waals surface area contributed by atoms with E-state index in [9.17, 15) is 0 Å². The van der Waals surface area contributed by atoms with Crippen molar-refractivity contribution in [1.82, 2.24) is 0 Å². The molecule has 3 nitrogen and oxygen atoms in total. The van der Waals surface area contributed by atoms with Gasteiger partial charge in [0.25, 0.3) is 5.97 Å². The van der Waals surface area contributed by atoms with E-state index in [1.54, 1.807) is 0 Å². The van der Waals surface area contributed by atoms with Gasteiger partial charge in [0.05, 0.1) is 0 Å². The zero-order valence-corrected chi connectivity index (χ0v) is 5.92. The van der Waals surface area contributed by atoms with Crippen LogP contribution in [0.5, 0.6) is 0 Å². The fourth-order valence-corrected chi connectivity index (χ4v) is 0. The largest absolute Gasteiger partial charge is 0.481 e. The number of aliphatic carboxylic acids is 1. The molecule has 0 saturated carbocycles. The zero-order valence-electron chi connectivity index (χ0n) is 4.51. The highest BCUT2D eigenvalue weighted by molar-refractivity contribution is 5.75. The van der Waals surface area contributed by atoms with Crippen molar-refractivity contribution in [2.45, 2.75) is 6.92 Å². The second-order valence-corrected chi connectivity index (χ2v) is 0.519. The van der Waals surface area contributed by atoms with Gasteiger partial charge in [0, 0.05) is 37.1 Å². The van der Waals surface area contributed by atoms with E-state index in [0.717, 1.165) is 14.0 Å². The number of aliphatic hydroxyl groups excluding tert-OH is 1. The van der Waals surface area contributed by atoms with E-state index < -0.39 is 5.97 Å². The zero-order chi connectivity index (χ0) is 5.58. The van der Waals surface area contributed by atoms with Crippen molar-refractivity contribution in [3.05, 3.63) is 0 Å². The van der Waals surface area contributed by atoms with Crippen LogP contribution in [0.4, 0.5) is 0 Å². The molecule has 0 amide bonds. The summed E-state index contributed by atoms with van der Waals surface area (Å²) in [7, 11) is 1.00. The van der Waals surface area contributed by atoms with Crippen molar-refractivity contribution >= 4 is 29.0 Å². The van der Waals surface area contributed by atoms with Crippen LogP contribution in [0.1, 0.15) is 6.92 Å². The fraction of sp³-hybridized carbons (Fsp3) is 0.667. The Labute approximate surface area is 58.5 Å². The first kappa shape index (κ1) is 15.7. The van der Waals surface area contributed by atoms with Crippen LogP contribution >= 0.6 is 0 Å². The number of carbonyl (C=O) groups is 1. The molecule has 0 unspecified atom stereocenters. The lowest BCUT2D eigenvalue weighted by Crippen LogP contribution is -1.78. The maximum absolute atomic E-state index is 9.00. The highest BCUT2D eigenvalue weighted by Gasteiger charge is 1.65. The highest BCUT2D eigenvalue weighted by Crippen LogP contribution is 1.42. The normalized spacial score (nSPS) is 4.43. The Morgan fingerprint density at radius 2 is 1.43 bits per heavy atom. The second kappa shape index (κ2) is 16.4. The molecule has 0 aliphatic heterocycles. The smallest absolute Gasteiger partial charge is 0.300 e. The number of aliphatic hydroxyl groups is 1. The Balaban J connectivity index is -0.0000000480. The quantitative estimate of drug-likeness (QED) is 0.412. The topological polar surface area (TPSA) is 57.5 Å². The maximum Gasteiger partial charge on any atom is 0.300 e. The van der Waals surface area contributed by atoms with Gasteiger partial charge in [0.15, 0.2) is 0 Å². The molecular formula is C3H8MgO3. The molecule has 0 rings (SSSR count). The molecule has 0 aromatic carbocycles. The van der Waals surface area contributed by atoms with E-state index >= 15 is 0 Å². The molecule has 2 radical (unpaired) electrons. The maximum atomic E-state index is 9.00. The highest BCUT2D eigenvalue weighted by atomic mass is 24.3. The Hall–Kier alpha value is 0.196. The summed E-state index contributed by atoms with van der Waals surface area (Å²) in [6.45, 7) is 1.08. The van der Waals surface area contributed by atoms with Gasteiger partial charge in [-0.1, -0.05) is 0 Å². The summed E-state index contributed by atoms with van der Waals surface area (Å²) in [5.41, 5.74) is 0. The molecular weight excluding hydrogens is 108 g/mol. The van der Waals surface area contributed by atoms with Gasteiger partial charge >= 0.3 is 0 Å². The monoisotopic (exact) mass is 116 g/mol. The molecule has 4 heteroatoms.